The number of carboxylic acid groups (broad SMARTS) is 1. The Morgan fingerprint density at radius 1 is 0.610 bits per heavy atom. The van der Waals surface area contributed by atoms with E-state index in [9.17, 15) is 28.9 Å². The van der Waals surface area contributed by atoms with Crippen molar-refractivity contribution in [3.8, 4) is 0 Å². The molecule has 0 radical (unpaired) electrons. The van der Waals surface area contributed by atoms with Gasteiger partial charge in [-0.15, -0.1) is 0 Å². The van der Waals surface area contributed by atoms with Crippen LogP contribution in [0.4, 0.5) is 0 Å². The summed E-state index contributed by atoms with van der Waals surface area (Å²) in [6.07, 6.45) is 47.9. The summed E-state index contributed by atoms with van der Waals surface area (Å²) in [5.74, 6) is -2.57. The third kappa shape index (κ3) is 39.3. The Hall–Kier alpha value is -3.90. The predicted molar refractivity (Wildman–Crippen MR) is 236 cm³/mol. The normalized spacial score (nSPS) is 15.3. The maximum Gasteiger partial charge on any atom is 0.472 e. The van der Waals surface area contributed by atoms with Crippen LogP contribution in [0.15, 0.2) is 109 Å². The minimum absolute atomic E-state index is 0.0491. The SMILES string of the molecule is CC/C=C\C/C=C\C/C=C\C/C=C\C/C=C\CCCC(=O)OC[C@H](COP(=O)(O)OC[C@H](N)C(=O)O)OC(=O)CCC/C=C\C/C=C\C/C=C\C/C=C\[C@H](O)CCCC. The second kappa shape index (κ2) is 39.6. The van der Waals surface area contributed by atoms with Crippen molar-refractivity contribution >= 4 is 25.7 Å². The number of carboxylic acids is 1. The van der Waals surface area contributed by atoms with Crippen LogP contribution < -0.4 is 5.73 Å². The second-order valence-electron chi connectivity index (χ2n) is 13.6. The smallest absolute Gasteiger partial charge is 0.472 e. The van der Waals surface area contributed by atoms with Crippen LogP contribution in [0.25, 0.3) is 0 Å². The molecular weight excluding hydrogens is 773 g/mol. The molecule has 0 amide bonds. The average molecular weight is 846 g/mol. The van der Waals surface area contributed by atoms with Crippen molar-refractivity contribution < 1.29 is 52.6 Å². The number of carbonyl (C=O) groups is 3. The summed E-state index contributed by atoms with van der Waals surface area (Å²) in [5.41, 5.74) is 5.32. The molecular formula is C46H72NO11P. The fraction of sp³-hybridized carbons (Fsp3) is 0.543. The molecule has 0 aromatic heterocycles. The first kappa shape index (κ1) is 55.1. The summed E-state index contributed by atoms with van der Waals surface area (Å²) in [7, 11) is -4.76. The van der Waals surface area contributed by atoms with Crippen LogP contribution in [0.5, 0.6) is 0 Å². The molecule has 0 aliphatic rings. The van der Waals surface area contributed by atoms with E-state index < -0.39 is 57.7 Å². The molecule has 0 bridgehead atoms. The fourth-order valence-electron chi connectivity index (χ4n) is 4.76. The third-order valence-electron chi connectivity index (χ3n) is 8.08. The van der Waals surface area contributed by atoms with Gasteiger partial charge in [0.05, 0.1) is 19.3 Å². The van der Waals surface area contributed by atoms with Gasteiger partial charge >= 0.3 is 25.7 Å². The van der Waals surface area contributed by atoms with E-state index in [-0.39, 0.29) is 18.9 Å². The molecule has 5 N–H and O–H groups in total. The number of aliphatic hydroxyl groups excluding tert-OH is 1. The number of nitrogens with two attached hydrogens (primary N) is 1. The first-order valence-corrected chi connectivity index (χ1v) is 22.5. The molecule has 4 atom stereocenters. The number of hydrogen-bond acceptors (Lipinski definition) is 10. The first-order chi connectivity index (χ1) is 28.5. The van der Waals surface area contributed by atoms with Crippen LogP contribution in [0.1, 0.15) is 123 Å². The number of allylic oxidation sites excluding steroid dienone is 17. The second-order valence-corrected chi connectivity index (χ2v) is 15.0. The number of aliphatic carboxylic acids is 1. The van der Waals surface area contributed by atoms with Gasteiger partial charge in [0.15, 0.2) is 6.10 Å². The number of hydrogen-bond donors (Lipinski definition) is 4. The highest BCUT2D eigenvalue weighted by Crippen LogP contribution is 2.43. The van der Waals surface area contributed by atoms with E-state index in [4.69, 9.17) is 24.8 Å². The summed E-state index contributed by atoms with van der Waals surface area (Å²) in [6.45, 7) is 2.38. The molecule has 0 saturated heterocycles. The van der Waals surface area contributed by atoms with Gasteiger partial charge in [0.2, 0.25) is 0 Å². The van der Waals surface area contributed by atoms with Crippen molar-refractivity contribution in [2.24, 2.45) is 5.73 Å². The standard InChI is InChI=1S/C46H72NO11P/c1-3-5-7-8-9-10-11-12-13-14-15-16-20-23-26-29-32-36-44(49)55-38-42(39-56-59(53,54)57-40-43(47)46(51)52)58-45(50)37-33-30-27-24-21-18-17-19-22-25-28-31-35-41(48)34-6-4-2/h5,7,9-10,12-13,15-18,22-27,31,35,41-43,48H,3-4,6,8,11,14,19-21,28-30,32-34,36-40,47H2,1-2H3,(H,51,52)(H,53,54)/b7-5-,10-9-,13-12-,16-15-,18-17-,25-22-,26-23-,27-24-,35-31-/t41-,42-,43+/m1/s1. The van der Waals surface area contributed by atoms with Gasteiger partial charge in [-0.05, 0) is 83.5 Å². The highest BCUT2D eigenvalue weighted by Gasteiger charge is 2.28. The summed E-state index contributed by atoms with van der Waals surface area (Å²) in [6, 6.07) is -1.55. The molecule has 0 aromatic carbocycles. The maximum absolute atomic E-state index is 12.6. The molecule has 0 aliphatic carbocycles. The van der Waals surface area contributed by atoms with Gasteiger partial charge in [0, 0.05) is 12.8 Å². The Labute approximate surface area is 353 Å². The minimum atomic E-state index is -4.76. The van der Waals surface area contributed by atoms with E-state index in [1.54, 1.807) is 0 Å². The zero-order valence-electron chi connectivity index (χ0n) is 35.4. The number of carbonyl (C=O) groups excluding carboxylic acids is 2. The predicted octanol–water partition coefficient (Wildman–Crippen LogP) is 10.0. The zero-order chi connectivity index (χ0) is 43.7. The quantitative estimate of drug-likeness (QED) is 0.0201. The molecule has 1 unspecified atom stereocenters. The zero-order valence-corrected chi connectivity index (χ0v) is 36.3. The Balaban J connectivity index is 4.63. The van der Waals surface area contributed by atoms with Gasteiger partial charge < -0.3 is 30.3 Å². The van der Waals surface area contributed by atoms with E-state index >= 15 is 0 Å². The van der Waals surface area contributed by atoms with Crippen molar-refractivity contribution in [2.75, 3.05) is 19.8 Å². The highest BCUT2D eigenvalue weighted by molar-refractivity contribution is 7.47. The monoisotopic (exact) mass is 845 g/mol. The number of rotatable bonds is 37. The number of esters is 2. The Morgan fingerprint density at radius 2 is 1.05 bits per heavy atom. The number of unbranched alkanes of at least 4 members (excludes halogenated alkanes) is 3. The van der Waals surface area contributed by atoms with Crippen molar-refractivity contribution in [2.45, 2.75) is 141 Å². The molecule has 59 heavy (non-hydrogen) atoms. The van der Waals surface area contributed by atoms with Crippen LogP contribution >= 0.6 is 7.82 Å². The van der Waals surface area contributed by atoms with Gasteiger partial charge in [-0.3, -0.25) is 23.4 Å². The van der Waals surface area contributed by atoms with Crippen molar-refractivity contribution in [3.63, 3.8) is 0 Å². The van der Waals surface area contributed by atoms with Gasteiger partial charge in [-0.2, -0.15) is 0 Å². The van der Waals surface area contributed by atoms with E-state index in [1.165, 1.54) is 0 Å². The van der Waals surface area contributed by atoms with E-state index in [2.05, 4.69) is 91.3 Å². The summed E-state index contributed by atoms with van der Waals surface area (Å²) >= 11 is 0. The summed E-state index contributed by atoms with van der Waals surface area (Å²) in [4.78, 5) is 45.9. The van der Waals surface area contributed by atoms with E-state index in [0.29, 0.717) is 25.7 Å². The van der Waals surface area contributed by atoms with Gasteiger partial charge in [0.25, 0.3) is 0 Å². The molecule has 0 aromatic rings. The first-order valence-electron chi connectivity index (χ1n) is 21.0. The molecule has 332 valence electrons. The number of phosphoric acid groups is 1. The van der Waals surface area contributed by atoms with Crippen LogP contribution in [-0.4, -0.2) is 71.1 Å². The molecule has 0 fully saturated rings. The molecule has 0 aliphatic heterocycles. The number of aliphatic hydroxyl groups is 1. The van der Waals surface area contributed by atoms with E-state index in [0.717, 1.165) is 70.6 Å². The van der Waals surface area contributed by atoms with Crippen molar-refractivity contribution in [1.29, 1.82) is 0 Å². The summed E-state index contributed by atoms with van der Waals surface area (Å²) < 4.78 is 32.5. The molecule has 0 heterocycles. The summed E-state index contributed by atoms with van der Waals surface area (Å²) in [5, 5.41) is 18.7. The highest BCUT2D eigenvalue weighted by atomic mass is 31.2. The lowest BCUT2D eigenvalue weighted by atomic mass is 10.1. The van der Waals surface area contributed by atoms with Gasteiger partial charge in [-0.25, -0.2) is 4.57 Å². The Kier molecular flexibility index (Phi) is 36.9. The van der Waals surface area contributed by atoms with E-state index in [1.807, 2.05) is 36.5 Å². The van der Waals surface area contributed by atoms with Gasteiger partial charge in [0.1, 0.15) is 12.6 Å². The van der Waals surface area contributed by atoms with Crippen LogP contribution in [0, 0.1) is 0 Å². The van der Waals surface area contributed by atoms with Crippen LogP contribution in [0.2, 0.25) is 0 Å². The molecule has 13 heteroatoms. The number of ether oxygens (including phenoxy) is 2. The Morgan fingerprint density at radius 3 is 1.53 bits per heavy atom. The van der Waals surface area contributed by atoms with Crippen molar-refractivity contribution in [3.05, 3.63) is 109 Å². The minimum Gasteiger partial charge on any atom is -0.480 e. The molecule has 0 rings (SSSR count). The van der Waals surface area contributed by atoms with Crippen LogP contribution in [-0.2, 0) is 37.5 Å². The lowest BCUT2D eigenvalue weighted by Gasteiger charge is -2.20. The fourth-order valence-corrected chi connectivity index (χ4v) is 5.53. The molecule has 0 spiro atoms. The molecule has 0 saturated carbocycles. The Bertz CT molecular complexity index is 1430. The molecule has 12 nitrogen and oxygen atoms in total. The topological polar surface area (TPSA) is 192 Å². The van der Waals surface area contributed by atoms with Crippen molar-refractivity contribution in [1.82, 2.24) is 0 Å². The third-order valence-corrected chi connectivity index (χ3v) is 9.03. The lowest BCUT2D eigenvalue weighted by molar-refractivity contribution is -0.161. The largest absolute Gasteiger partial charge is 0.480 e. The maximum atomic E-state index is 12.6. The van der Waals surface area contributed by atoms with Gasteiger partial charge in [-0.1, -0.05) is 136 Å². The average Bonchev–Trinajstić information content (AvgIpc) is 3.21. The number of phosphoric ester groups is 1. The van der Waals surface area contributed by atoms with Crippen LogP contribution in [0.3, 0.4) is 0 Å². The lowest BCUT2D eigenvalue weighted by Crippen LogP contribution is -2.34.